The Morgan fingerprint density at radius 3 is 2.95 bits per heavy atom. The first-order valence-corrected chi connectivity index (χ1v) is 7.99. The second-order valence-electron chi connectivity index (χ2n) is 5.43. The number of hydrogen-bond donors (Lipinski definition) is 2. The van der Waals surface area contributed by atoms with Crippen LogP contribution in [0, 0.1) is 0 Å². The van der Waals surface area contributed by atoms with E-state index in [2.05, 4.69) is 32.5 Å². The molecule has 7 heteroatoms. The summed E-state index contributed by atoms with van der Waals surface area (Å²) in [6, 6.07) is 2.60. The molecule has 1 fully saturated rings. The average Bonchev–Trinajstić information content (AvgIpc) is 3.17. The van der Waals surface area contributed by atoms with Gasteiger partial charge in [0, 0.05) is 45.1 Å². The number of likely N-dealkylation sites (tertiary alicyclic amines) is 1. The highest BCUT2D eigenvalue weighted by Crippen LogP contribution is 2.15. The van der Waals surface area contributed by atoms with Crippen molar-refractivity contribution in [2.75, 3.05) is 33.2 Å². The Labute approximate surface area is 150 Å². The first-order valence-electron chi connectivity index (χ1n) is 7.99. The van der Waals surface area contributed by atoms with Crippen molar-refractivity contribution in [3.8, 4) is 0 Å². The zero-order valence-electron chi connectivity index (χ0n) is 13.7. The van der Waals surface area contributed by atoms with E-state index < -0.39 is 0 Å². The lowest BCUT2D eigenvalue weighted by Gasteiger charge is -2.23. The van der Waals surface area contributed by atoms with Gasteiger partial charge in [-0.15, -0.1) is 24.0 Å². The van der Waals surface area contributed by atoms with Crippen molar-refractivity contribution in [2.45, 2.75) is 38.8 Å². The predicted octanol–water partition coefficient (Wildman–Crippen LogP) is 1.54. The van der Waals surface area contributed by atoms with Crippen molar-refractivity contribution in [1.29, 1.82) is 0 Å². The van der Waals surface area contributed by atoms with Crippen molar-refractivity contribution in [2.24, 2.45) is 4.99 Å². The van der Waals surface area contributed by atoms with Crippen LogP contribution in [0.1, 0.15) is 26.2 Å². The van der Waals surface area contributed by atoms with Gasteiger partial charge in [-0.05, 0) is 38.4 Å². The molecule has 0 aliphatic carbocycles. The zero-order chi connectivity index (χ0) is 14.9. The number of likely N-dealkylation sites (N-methyl/N-ethyl adjacent to an activating group) is 1. The molecular formula is C15H29IN6. The summed E-state index contributed by atoms with van der Waals surface area (Å²) >= 11 is 0. The molecule has 1 saturated heterocycles. The van der Waals surface area contributed by atoms with Gasteiger partial charge in [-0.1, -0.05) is 6.92 Å². The molecule has 0 bridgehead atoms. The van der Waals surface area contributed by atoms with E-state index in [1.165, 1.54) is 19.4 Å². The number of hydrogen-bond acceptors (Lipinski definition) is 3. The van der Waals surface area contributed by atoms with Gasteiger partial charge < -0.3 is 10.6 Å². The molecular weight excluding hydrogens is 391 g/mol. The Hall–Kier alpha value is -0.830. The van der Waals surface area contributed by atoms with Gasteiger partial charge in [0.1, 0.15) is 0 Å². The minimum Gasteiger partial charge on any atom is -0.356 e. The summed E-state index contributed by atoms with van der Waals surface area (Å²) in [6.45, 7) is 7.43. The van der Waals surface area contributed by atoms with Crippen molar-refractivity contribution in [3.63, 3.8) is 0 Å². The minimum absolute atomic E-state index is 0. The lowest BCUT2D eigenvalue weighted by Crippen LogP contribution is -2.45. The number of guanidine groups is 1. The summed E-state index contributed by atoms with van der Waals surface area (Å²) in [5, 5.41) is 11.0. The second kappa shape index (κ2) is 10.8. The fourth-order valence-electron chi connectivity index (χ4n) is 2.86. The van der Waals surface area contributed by atoms with Gasteiger partial charge in [0.15, 0.2) is 5.96 Å². The molecule has 1 aliphatic rings. The van der Waals surface area contributed by atoms with Crippen LogP contribution in [-0.4, -0.2) is 59.9 Å². The molecule has 22 heavy (non-hydrogen) atoms. The van der Waals surface area contributed by atoms with Crippen LogP contribution in [0.2, 0.25) is 0 Å². The van der Waals surface area contributed by atoms with Crippen LogP contribution in [0.4, 0.5) is 0 Å². The highest BCUT2D eigenvalue weighted by Gasteiger charge is 2.22. The highest BCUT2D eigenvalue weighted by atomic mass is 127. The van der Waals surface area contributed by atoms with Crippen LogP contribution in [0.15, 0.2) is 23.5 Å². The van der Waals surface area contributed by atoms with Gasteiger partial charge in [-0.25, -0.2) is 0 Å². The SMILES string of the molecule is CCN1CCCC1CNC(=NC)NCCCn1cccn1.I. The molecule has 2 heterocycles. The monoisotopic (exact) mass is 420 g/mol. The maximum atomic E-state index is 4.29. The molecule has 126 valence electrons. The summed E-state index contributed by atoms with van der Waals surface area (Å²) in [5.74, 6) is 0.901. The Morgan fingerprint density at radius 2 is 2.27 bits per heavy atom. The maximum absolute atomic E-state index is 4.29. The molecule has 2 rings (SSSR count). The maximum Gasteiger partial charge on any atom is 0.191 e. The Morgan fingerprint density at radius 1 is 1.41 bits per heavy atom. The van der Waals surface area contributed by atoms with Gasteiger partial charge in [-0.2, -0.15) is 5.10 Å². The lowest BCUT2D eigenvalue weighted by atomic mass is 10.2. The Bertz CT molecular complexity index is 420. The van der Waals surface area contributed by atoms with Crippen molar-refractivity contribution < 1.29 is 0 Å². The molecule has 1 atom stereocenters. The number of rotatable bonds is 7. The van der Waals surface area contributed by atoms with Gasteiger partial charge in [-0.3, -0.25) is 14.6 Å². The number of nitrogens with zero attached hydrogens (tertiary/aromatic N) is 4. The van der Waals surface area contributed by atoms with Crippen LogP contribution < -0.4 is 10.6 Å². The third-order valence-electron chi connectivity index (χ3n) is 4.05. The fourth-order valence-corrected chi connectivity index (χ4v) is 2.86. The van der Waals surface area contributed by atoms with E-state index in [1.807, 2.05) is 30.2 Å². The van der Waals surface area contributed by atoms with Gasteiger partial charge in [0.2, 0.25) is 0 Å². The molecule has 0 saturated carbocycles. The fraction of sp³-hybridized carbons (Fsp3) is 0.733. The topological polar surface area (TPSA) is 57.5 Å². The van der Waals surface area contributed by atoms with Crippen LogP contribution in [0.3, 0.4) is 0 Å². The van der Waals surface area contributed by atoms with Gasteiger partial charge in [0.25, 0.3) is 0 Å². The molecule has 1 unspecified atom stereocenters. The van der Waals surface area contributed by atoms with Crippen LogP contribution in [-0.2, 0) is 6.54 Å². The minimum atomic E-state index is 0. The zero-order valence-corrected chi connectivity index (χ0v) is 16.0. The molecule has 0 aromatic carbocycles. The first kappa shape index (κ1) is 19.2. The number of nitrogens with one attached hydrogen (secondary N) is 2. The smallest absolute Gasteiger partial charge is 0.191 e. The number of aromatic nitrogens is 2. The summed E-state index contributed by atoms with van der Waals surface area (Å²) in [4.78, 5) is 6.83. The average molecular weight is 420 g/mol. The van der Waals surface area contributed by atoms with Gasteiger partial charge >= 0.3 is 0 Å². The Kier molecular flexibility index (Phi) is 9.45. The number of aryl methyl sites for hydroxylation is 1. The van der Waals surface area contributed by atoms with Crippen LogP contribution in [0.5, 0.6) is 0 Å². The third kappa shape index (κ3) is 6.12. The largest absolute Gasteiger partial charge is 0.356 e. The second-order valence-corrected chi connectivity index (χ2v) is 5.43. The highest BCUT2D eigenvalue weighted by molar-refractivity contribution is 14.0. The van der Waals surface area contributed by atoms with Crippen molar-refractivity contribution in [1.82, 2.24) is 25.3 Å². The molecule has 1 aliphatic heterocycles. The molecule has 2 N–H and O–H groups in total. The van der Waals surface area contributed by atoms with Crippen LogP contribution in [0.25, 0.3) is 0 Å². The summed E-state index contributed by atoms with van der Waals surface area (Å²) in [6.07, 6.45) is 7.45. The lowest BCUT2D eigenvalue weighted by molar-refractivity contribution is 0.267. The quantitative estimate of drug-likeness (QED) is 0.304. The number of halogens is 1. The third-order valence-corrected chi connectivity index (χ3v) is 4.05. The molecule has 0 radical (unpaired) electrons. The summed E-state index contributed by atoms with van der Waals surface area (Å²) in [7, 11) is 1.83. The molecule has 0 spiro atoms. The van der Waals surface area contributed by atoms with E-state index in [1.54, 1.807) is 0 Å². The van der Waals surface area contributed by atoms with E-state index in [0.717, 1.165) is 38.6 Å². The van der Waals surface area contributed by atoms with E-state index in [-0.39, 0.29) is 24.0 Å². The van der Waals surface area contributed by atoms with E-state index in [4.69, 9.17) is 0 Å². The Balaban J connectivity index is 0.00000242. The normalized spacial score (nSPS) is 19.0. The van der Waals surface area contributed by atoms with E-state index in [0.29, 0.717) is 6.04 Å². The molecule has 1 aromatic heterocycles. The predicted molar refractivity (Wildman–Crippen MR) is 102 cm³/mol. The standard InChI is InChI=1S/C15H28N6.HI/c1-3-20-10-4-7-14(20)13-18-15(16-2)17-8-5-11-21-12-6-9-19-21;/h6,9,12,14H,3-5,7-8,10-11,13H2,1-2H3,(H2,16,17,18);1H. The molecule has 1 aromatic rings. The van der Waals surface area contributed by atoms with E-state index in [9.17, 15) is 0 Å². The summed E-state index contributed by atoms with van der Waals surface area (Å²) < 4.78 is 1.95. The molecule has 0 amide bonds. The summed E-state index contributed by atoms with van der Waals surface area (Å²) in [5.41, 5.74) is 0. The number of aliphatic imine (C=N–C) groups is 1. The van der Waals surface area contributed by atoms with Gasteiger partial charge in [0.05, 0.1) is 0 Å². The van der Waals surface area contributed by atoms with Crippen molar-refractivity contribution >= 4 is 29.9 Å². The van der Waals surface area contributed by atoms with Crippen LogP contribution >= 0.6 is 24.0 Å². The van der Waals surface area contributed by atoms with E-state index >= 15 is 0 Å². The first-order chi connectivity index (χ1) is 10.3. The molecule has 6 nitrogen and oxygen atoms in total. The van der Waals surface area contributed by atoms with Crippen molar-refractivity contribution in [3.05, 3.63) is 18.5 Å².